The first-order valence-corrected chi connectivity index (χ1v) is 11.9. The van der Waals surface area contributed by atoms with Crippen LogP contribution in [0.2, 0.25) is 0 Å². The van der Waals surface area contributed by atoms with E-state index in [0.29, 0.717) is 18.3 Å². The zero-order valence-corrected chi connectivity index (χ0v) is 20.3. The smallest absolute Gasteiger partial charge is 0.294 e. The van der Waals surface area contributed by atoms with E-state index >= 15 is 0 Å². The molecular weight excluding hydrogens is 450 g/mol. The number of anilines is 1. The van der Waals surface area contributed by atoms with Crippen molar-refractivity contribution in [3.63, 3.8) is 0 Å². The van der Waals surface area contributed by atoms with E-state index in [1.165, 1.54) is 28.8 Å². The largest absolute Gasteiger partial charge is 0.491 e. The first-order valence-electron chi connectivity index (χ1n) is 11.9. The molecule has 1 unspecified atom stereocenters. The Morgan fingerprint density at radius 2 is 2.03 bits per heavy atom. The number of ether oxygens (including phenoxy) is 1. The maximum absolute atomic E-state index is 13.0. The Morgan fingerprint density at radius 3 is 2.69 bits per heavy atom. The minimum atomic E-state index is -0.478. The Kier molecular flexibility index (Phi) is 7.70. The Balaban J connectivity index is 1.50. The molecular formula is C23H32N9O3+. The number of carbonyl (C=O) groups excluding carboxylic acids is 1. The minimum absolute atomic E-state index is 0.0707. The number of amides is 1. The summed E-state index contributed by atoms with van der Waals surface area (Å²) in [5.74, 6) is 0.568. The van der Waals surface area contributed by atoms with Gasteiger partial charge in [-0.05, 0) is 79.7 Å². The van der Waals surface area contributed by atoms with Crippen LogP contribution < -0.4 is 20.8 Å². The van der Waals surface area contributed by atoms with E-state index in [9.17, 15) is 4.79 Å². The van der Waals surface area contributed by atoms with Gasteiger partial charge in [0.2, 0.25) is 11.6 Å². The highest BCUT2D eigenvalue weighted by Gasteiger charge is 2.29. The first-order chi connectivity index (χ1) is 16.9. The molecule has 12 nitrogen and oxygen atoms in total. The molecule has 35 heavy (non-hydrogen) atoms. The van der Waals surface area contributed by atoms with Crippen LogP contribution in [0.25, 0.3) is 5.82 Å². The van der Waals surface area contributed by atoms with E-state index in [1.54, 1.807) is 6.21 Å². The van der Waals surface area contributed by atoms with Crippen molar-refractivity contribution in [2.45, 2.75) is 64.6 Å². The van der Waals surface area contributed by atoms with Gasteiger partial charge in [0.05, 0.1) is 25.4 Å². The zero-order valence-electron chi connectivity index (χ0n) is 20.3. The summed E-state index contributed by atoms with van der Waals surface area (Å²) in [5.41, 5.74) is 9.96. The van der Waals surface area contributed by atoms with E-state index < -0.39 is 5.91 Å². The summed E-state index contributed by atoms with van der Waals surface area (Å²) in [6, 6.07) is 7.92. The molecule has 0 spiro atoms. The second-order valence-corrected chi connectivity index (χ2v) is 9.06. The van der Waals surface area contributed by atoms with Crippen LogP contribution in [0.15, 0.2) is 34.0 Å². The molecule has 1 atom stereocenters. The average Bonchev–Trinajstić information content (AvgIpc) is 3.46. The van der Waals surface area contributed by atoms with Crippen molar-refractivity contribution < 1.29 is 19.1 Å². The molecule has 1 aromatic carbocycles. The summed E-state index contributed by atoms with van der Waals surface area (Å²) < 4.78 is 11.8. The van der Waals surface area contributed by atoms with Crippen LogP contribution in [0.5, 0.6) is 5.75 Å². The molecule has 3 aromatic rings. The molecule has 0 aliphatic heterocycles. The molecule has 1 amide bonds. The number of quaternary nitrogens is 1. The van der Waals surface area contributed by atoms with Crippen LogP contribution in [-0.4, -0.2) is 56.6 Å². The van der Waals surface area contributed by atoms with E-state index in [-0.39, 0.29) is 23.4 Å². The highest BCUT2D eigenvalue weighted by Crippen LogP contribution is 2.18. The van der Waals surface area contributed by atoms with Gasteiger partial charge in [0.15, 0.2) is 5.69 Å². The Labute approximate surface area is 203 Å². The molecule has 12 heteroatoms. The number of aromatic nitrogens is 5. The molecule has 2 aromatic heterocycles. The van der Waals surface area contributed by atoms with Gasteiger partial charge in [0.1, 0.15) is 18.0 Å². The number of benzene rings is 1. The molecule has 4 rings (SSSR count). The summed E-state index contributed by atoms with van der Waals surface area (Å²) in [5, 5.41) is 19.8. The number of nitrogens with two attached hydrogens (primary N) is 1. The van der Waals surface area contributed by atoms with Crippen molar-refractivity contribution in [1.82, 2.24) is 30.7 Å². The topological polar surface area (TPSA) is 151 Å². The minimum Gasteiger partial charge on any atom is -0.491 e. The Hall–Kier alpha value is -3.80. The van der Waals surface area contributed by atoms with Gasteiger partial charge in [-0.2, -0.15) is 9.78 Å². The van der Waals surface area contributed by atoms with Gasteiger partial charge in [0, 0.05) is 0 Å². The highest BCUT2D eigenvalue weighted by molar-refractivity contribution is 5.94. The predicted octanol–water partition coefficient (Wildman–Crippen LogP) is 1.13. The number of nitrogens with zero attached hydrogens (tertiary/aromatic N) is 6. The lowest BCUT2D eigenvalue weighted by Crippen LogP contribution is -3.11. The van der Waals surface area contributed by atoms with Gasteiger partial charge in [-0.15, -0.1) is 5.10 Å². The van der Waals surface area contributed by atoms with Crippen LogP contribution in [0.1, 0.15) is 67.7 Å². The lowest BCUT2D eigenvalue weighted by molar-refractivity contribution is -0.921. The number of carbonyl (C=O) groups is 1. The first kappa shape index (κ1) is 24.3. The molecule has 4 N–H and O–H groups in total. The molecule has 2 heterocycles. The van der Waals surface area contributed by atoms with Crippen molar-refractivity contribution in [2.75, 3.05) is 12.8 Å². The fraction of sp³-hybridized carbons (Fsp3) is 0.478. The van der Waals surface area contributed by atoms with Gasteiger partial charge >= 0.3 is 0 Å². The van der Waals surface area contributed by atoms with Gasteiger partial charge < -0.3 is 15.4 Å². The predicted molar refractivity (Wildman–Crippen MR) is 128 cm³/mol. The second kappa shape index (κ2) is 11.1. The van der Waals surface area contributed by atoms with Crippen molar-refractivity contribution in [3.05, 3.63) is 41.2 Å². The van der Waals surface area contributed by atoms with Gasteiger partial charge in [-0.3, -0.25) is 4.79 Å². The lowest BCUT2D eigenvalue weighted by atomic mass is 9.94. The highest BCUT2D eigenvalue weighted by atomic mass is 16.6. The molecule has 1 aliphatic rings. The molecule has 1 aliphatic carbocycles. The number of hydrazone groups is 1. The van der Waals surface area contributed by atoms with E-state index in [4.69, 9.17) is 15.1 Å². The van der Waals surface area contributed by atoms with Crippen LogP contribution >= 0.6 is 0 Å². The van der Waals surface area contributed by atoms with E-state index in [1.807, 2.05) is 38.1 Å². The van der Waals surface area contributed by atoms with E-state index in [0.717, 1.165) is 24.2 Å². The fourth-order valence-corrected chi connectivity index (χ4v) is 4.27. The summed E-state index contributed by atoms with van der Waals surface area (Å²) in [6.07, 6.45) is 7.64. The SMILES string of the molecule is CC(C)Oc1ccc(/C=N\NC(=O)c2nnn(-c3nonc3N)c2C[NH+](C)C2CCCCC2)cc1. The van der Waals surface area contributed by atoms with Crippen molar-refractivity contribution in [1.29, 1.82) is 0 Å². The molecule has 0 radical (unpaired) electrons. The quantitative estimate of drug-likeness (QED) is 0.303. The van der Waals surface area contributed by atoms with E-state index in [2.05, 4.69) is 38.2 Å². The number of hydrogen-bond donors (Lipinski definition) is 3. The number of nitrogens with one attached hydrogen (secondary N) is 2. The van der Waals surface area contributed by atoms with Crippen LogP contribution in [-0.2, 0) is 6.54 Å². The van der Waals surface area contributed by atoms with Gasteiger partial charge in [-0.1, -0.05) is 11.6 Å². The molecule has 186 valence electrons. The summed E-state index contributed by atoms with van der Waals surface area (Å²) >= 11 is 0. The summed E-state index contributed by atoms with van der Waals surface area (Å²) in [6.45, 7) is 4.45. The summed E-state index contributed by atoms with van der Waals surface area (Å²) in [7, 11) is 2.12. The normalized spacial score (nSPS) is 15.5. The number of rotatable bonds is 9. The van der Waals surface area contributed by atoms with Gasteiger partial charge in [0.25, 0.3) is 5.91 Å². The Bertz CT molecular complexity index is 1150. The number of nitrogen functional groups attached to an aromatic ring is 1. The van der Waals surface area contributed by atoms with Crippen LogP contribution in [0, 0.1) is 0 Å². The average molecular weight is 483 g/mol. The van der Waals surface area contributed by atoms with Crippen LogP contribution in [0.4, 0.5) is 5.82 Å². The number of hydrogen-bond acceptors (Lipinski definition) is 9. The van der Waals surface area contributed by atoms with Crippen molar-refractivity contribution in [2.24, 2.45) is 5.10 Å². The zero-order chi connectivity index (χ0) is 24.8. The Morgan fingerprint density at radius 1 is 1.29 bits per heavy atom. The maximum atomic E-state index is 13.0. The lowest BCUT2D eigenvalue weighted by Gasteiger charge is -2.28. The third-order valence-electron chi connectivity index (χ3n) is 6.05. The molecule has 0 saturated heterocycles. The van der Waals surface area contributed by atoms with Crippen molar-refractivity contribution >= 4 is 17.9 Å². The molecule has 1 saturated carbocycles. The molecule has 1 fully saturated rings. The second-order valence-electron chi connectivity index (χ2n) is 9.06. The molecule has 0 bridgehead atoms. The summed E-state index contributed by atoms with van der Waals surface area (Å²) in [4.78, 5) is 14.3. The fourth-order valence-electron chi connectivity index (χ4n) is 4.27. The van der Waals surface area contributed by atoms with Crippen LogP contribution in [0.3, 0.4) is 0 Å². The van der Waals surface area contributed by atoms with Crippen molar-refractivity contribution in [3.8, 4) is 11.6 Å². The third-order valence-corrected chi connectivity index (χ3v) is 6.05. The van der Waals surface area contributed by atoms with Gasteiger partial charge in [-0.25, -0.2) is 10.1 Å². The standard InChI is InChI=1S/C23H31N9O3/c1-15(2)34-18-11-9-16(10-12-18)13-25-27-23(33)20-19(14-31(3)17-7-5-4-6-8-17)32(30-26-20)22-21(24)28-35-29-22/h9-13,15,17H,4-8,14H2,1-3H3,(H2,24,28)(H,27,33)/p+1/b25-13-. The third kappa shape index (κ3) is 6.01. The monoisotopic (exact) mass is 482 g/mol. The maximum Gasteiger partial charge on any atom is 0.294 e.